The first-order chi connectivity index (χ1) is 10.2. The Morgan fingerprint density at radius 3 is 2.86 bits per heavy atom. The molecule has 5 heteroatoms. The number of ether oxygens (including phenoxy) is 1. The summed E-state index contributed by atoms with van der Waals surface area (Å²) >= 11 is 1.60. The smallest absolute Gasteiger partial charge is 0.257 e. The number of carbonyl (C=O) groups is 1. The van der Waals surface area contributed by atoms with E-state index in [9.17, 15) is 4.79 Å². The van der Waals surface area contributed by atoms with Gasteiger partial charge in [-0.1, -0.05) is 6.92 Å². The molecule has 2 aromatic rings. The molecular weight excluding hydrogens is 284 g/mol. The van der Waals surface area contributed by atoms with Crippen LogP contribution in [-0.2, 0) is 12.8 Å². The molecule has 0 saturated heterocycles. The first-order valence-electron chi connectivity index (χ1n) is 7.09. The summed E-state index contributed by atoms with van der Waals surface area (Å²) in [4.78, 5) is 18.1. The lowest BCUT2D eigenvalue weighted by molar-refractivity contribution is 0.102. The predicted molar refractivity (Wildman–Crippen MR) is 84.3 cm³/mol. The molecule has 0 spiro atoms. The van der Waals surface area contributed by atoms with Crippen molar-refractivity contribution in [3.8, 4) is 5.75 Å². The summed E-state index contributed by atoms with van der Waals surface area (Å²) in [7, 11) is 1.61. The lowest BCUT2D eigenvalue weighted by Crippen LogP contribution is -2.11. The molecule has 1 aliphatic carbocycles. The van der Waals surface area contributed by atoms with Gasteiger partial charge in [-0.3, -0.25) is 10.1 Å². The zero-order chi connectivity index (χ0) is 14.8. The van der Waals surface area contributed by atoms with Gasteiger partial charge in [0.15, 0.2) is 5.13 Å². The van der Waals surface area contributed by atoms with Crippen molar-refractivity contribution in [3.05, 3.63) is 40.4 Å². The number of carbonyl (C=O) groups excluding carboxylic acids is 1. The minimum absolute atomic E-state index is 0.128. The molecule has 3 rings (SSSR count). The predicted octanol–water partition coefficient (Wildman–Crippen LogP) is 3.53. The molecule has 1 heterocycles. The number of nitrogens with one attached hydrogen (secondary N) is 1. The number of amides is 1. The molecule has 1 N–H and O–H groups in total. The Hall–Kier alpha value is -1.88. The fourth-order valence-corrected chi connectivity index (χ4v) is 3.67. The van der Waals surface area contributed by atoms with Gasteiger partial charge >= 0.3 is 0 Å². The van der Waals surface area contributed by atoms with Gasteiger partial charge < -0.3 is 4.74 Å². The van der Waals surface area contributed by atoms with Crippen LogP contribution in [0, 0.1) is 5.92 Å². The first-order valence-corrected chi connectivity index (χ1v) is 7.91. The normalized spacial score (nSPS) is 17.1. The third-order valence-electron chi connectivity index (χ3n) is 3.76. The first kappa shape index (κ1) is 14.1. The highest BCUT2D eigenvalue weighted by Gasteiger charge is 2.20. The van der Waals surface area contributed by atoms with Gasteiger partial charge in [0.25, 0.3) is 5.91 Å². The van der Waals surface area contributed by atoms with E-state index < -0.39 is 0 Å². The zero-order valence-corrected chi connectivity index (χ0v) is 13.0. The fraction of sp³-hybridized carbons (Fsp3) is 0.375. The van der Waals surface area contributed by atoms with Gasteiger partial charge in [-0.2, -0.15) is 0 Å². The van der Waals surface area contributed by atoms with Crippen LogP contribution >= 0.6 is 11.3 Å². The number of thiazole rings is 1. The molecule has 0 radical (unpaired) electrons. The summed E-state index contributed by atoms with van der Waals surface area (Å²) in [5.41, 5.74) is 1.76. The molecule has 1 amide bonds. The number of benzene rings is 1. The highest BCUT2D eigenvalue weighted by Crippen LogP contribution is 2.32. The molecule has 0 bridgehead atoms. The molecular formula is C16H18N2O2S. The fourth-order valence-electron chi connectivity index (χ4n) is 2.50. The molecule has 0 aliphatic heterocycles. The Balaban J connectivity index is 1.72. The van der Waals surface area contributed by atoms with E-state index in [1.165, 1.54) is 11.3 Å². The Morgan fingerprint density at radius 2 is 2.14 bits per heavy atom. The molecule has 110 valence electrons. The Bertz CT molecular complexity index is 649. The van der Waals surface area contributed by atoms with Crippen molar-refractivity contribution in [2.24, 2.45) is 5.92 Å². The molecule has 1 aliphatic rings. The van der Waals surface area contributed by atoms with Crippen LogP contribution in [0.1, 0.15) is 34.3 Å². The number of fused-ring (bicyclic) bond motifs is 1. The van der Waals surface area contributed by atoms with E-state index in [-0.39, 0.29) is 5.91 Å². The number of rotatable bonds is 3. The van der Waals surface area contributed by atoms with E-state index in [1.807, 2.05) is 0 Å². The van der Waals surface area contributed by atoms with Crippen LogP contribution in [0.5, 0.6) is 5.75 Å². The van der Waals surface area contributed by atoms with E-state index in [0.29, 0.717) is 16.6 Å². The highest BCUT2D eigenvalue weighted by molar-refractivity contribution is 7.15. The van der Waals surface area contributed by atoms with E-state index >= 15 is 0 Å². The van der Waals surface area contributed by atoms with Crippen LogP contribution in [0.2, 0.25) is 0 Å². The van der Waals surface area contributed by atoms with Crippen LogP contribution < -0.4 is 10.1 Å². The molecule has 1 aromatic carbocycles. The molecule has 0 fully saturated rings. The maximum atomic E-state index is 12.2. The summed E-state index contributed by atoms with van der Waals surface area (Å²) in [6.07, 6.45) is 3.28. The third kappa shape index (κ3) is 3.08. The van der Waals surface area contributed by atoms with Crippen molar-refractivity contribution < 1.29 is 9.53 Å². The molecule has 0 saturated carbocycles. The molecule has 21 heavy (non-hydrogen) atoms. The average Bonchev–Trinajstić information content (AvgIpc) is 2.88. The molecule has 1 atom stereocenters. The van der Waals surface area contributed by atoms with E-state index in [0.717, 1.165) is 24.3 Å². The summed E-state index contributed by atoms with van der Waals surface area (Å²) in [5, 5.41) is 3.60. The van der Waals surface area contributed by atoms with Gasteiger partial charge in [-0.05, 0) is 49.4 Å². The zero-order valence-electron chi connectivity index (χ0n) is 12.2. The van der Waals surface area contributed by atoms with Crippen molar-refractivity contribution >= 4 is 22.4 Å². The number of aromatic nitrogens is 1. The quantitative estimate of drug-likeness (QED) is 0.943. The van der Waals surface area contributed by atoms with E-state index in [4.69, 9.17) is 4.74 Å². The maximum absolute atomic E-state index is 12.2. The maximum Gasteiger partial charge on any atom is 0.257 e. The van der Waals surface area contributed by atoms with Gasteiger partial charge in [-0.15, -0.1) is 11.3 Å². The van der Waals surface area contributed by atoms with Crippen molar-refractivity contribution in [1.29, 1.82) is 0 Å². The van der Waals surface area contributed by atoms with Gasteiger partial charge in [-0.25, -0.2) is 4.98 Å². The number of aryl methyl sites for hydroxylation is 1. The topological polar surface area (TPSA) is 51.2 Å². The molecule has 4 nitrogen and oxygen atoms in total. The third-order valence-corrected chi connectivity index (χ3v) is 4.79. The average molecular weight is 302 g/mol. The Morgan fingerprint density at radius 1 is 1.38 bits per heavy atom. The van der Waals surface area contributed by atoms with Crippen LogP contribution in [0.4, 0.5) is 5.13 Å². The second-order valence-electron chi connectivity index (χ2n) is 5.42. The van der Waals surface area contributed by atoms with Crippen LogP contribution in [0.3, 0.4) is 0 Å². The van der Waals surface area contributed by atoms with Gasteiger partial charge in [0.05, 0.1) is 12.8 Å². The van der Waals surface area contributed by atoms with Gasteiger partial charge in [0.1, 0.15) is 5.75 Å². The molecule has 1 unspecified atom stereocenters. The number of anilines is 1. The van der Waals surface area contributed by atoms with Crippen molar-refractivity contribution in [1.82, 2.24) is 4.98 Å². The van der Waals surface area contributed by atoms with Gasteiger partial charge in [0, 0.05) is 10.4 Å². The monoisotopic (exact) mass is 302 g/mol. The van der Waals surface area contributed by atoms with Crippen LogP contribution in [0.15, 0.2) is 24.3 Å². The summed E-state index contributed by atoms with van der Waals surface area (Å²) < 4.78 is 5.09. The summed E-state index contributed by atoms with van der Waals surface area (Å²) in [6, 6.07) is 7.07. The number of hydrogen-bond donors (Lipinski definition) is 1. The van der Waals surface area contributed by atoms with E-state index in [1.54, 1.807) is 42.7 Å². The van der Waals surface area contributed by atoms with Crippen LogP contribution in [0.25, 0.3) is 0 Å². The highest BCUT2D eigenvalue weighted by atomic mass is 32.1. The lowest BCUT2D eigenvalue weighted by Gasteiger charge is -2.15. The van der Waals surface area contributed by atoms with Crippen molar-refractivity contribution in [2.45, 2.75) is 26.2 Å². The second-order valence-corrected chi connectivity index (χ2v) is 6.50. The summed E-state index contributed by atoms with van der Waals surface area (Å²) in [6.45, 7) is 2.26. The second kappa shape index (κ2) is 5.85. The van der Waals surface area contributed by atoms with Crippen LogP contribution in [-0.4, -0.2) is 18.0 Å². The number of hydrogen-bond acceptors (Lipinski definition) is 4. The Kier molecular flexibility index (Phi) is 3.92. The summed E-state index contributed by atoms with van der Waals surface area (Å²) in [5.74, 6) is 1.32. The largest absolute Gasteiger partial charge is 0.497 e. The number of nitrogens with zero attached hydrogens (tertiary/aromatic N) is 1. The van der Waals surface area contributed by atoms with Crippen molar-refractivity contribution in [3.63, 3.8) is 0 Å². The SMILES string of the molecule is COc1ccc(C(=O)Nc2nc3c(s2)CC(C)CC3)cc1. The minimum Gasteiger partial charge on any atom is -0.497 e. The molecule has 1 aromatic heterocycles. The van der Waals surface area contributed by atoms with Crippen molar-refractivity contribution in [2.75, 3.05) is 12.4 Å². The minimum atomic E-state index is -0.128. The number of methoxy groups -OCH3 is 1. The Labute approximate surface area is 128 Å². The standard InChI is InChI=1S/C16H18N2O2S/c1-10-3-8-13-14(9-10)21-16(17-13)18-15(19)11-4-6-12(20-2)7-5-11/h4-7,10H,3,8-9H2,1-2H3,(H,17,18,19). The van der Waals surface area contributed by atoms with Gasteiger partial charge in [0.2, 0.25) is 0 Å². The lowest BCUT2D eigenvalue weighted by atomic mass is 9.93. The van der Waals surface area contributed by atoms with E-state index in [2.05, 4.69) is 17.2 Å².